The fourth-order valence-corrected chi connectivity index (χ4v) is 2.66. The van der Waals surface area contributed by atoms with Gasteiger partial charge in [0.25, 0.3) is 0 Å². The van der Waals surface area contributed by atoms with Gasteiger partial charge in [-0.3, -0.25) is 9.69 Å². The Morgan fingerprint density at radius 2 is 1.86 bits per heavy atom. The van der Waals surface area contributed by atoms with Gasteiger partial charge in [0.05, 0.1) is 6.42 Å². The van der Waals surface area contributed by atoms with Crippen molar-refractivity contribution < 1.29 is 4.79 Å². The Morgan fingerprint density at radius 1 is 1.14 bits per heavy atom. The Hall–Kier alpha value is -2.23. The molecule has 2 aromatic rings. The maximum Gasteiger partial charge on any atom is 0.232 e. The van der Waals surface area contributed by atoms with Gasteiger partial charge in [0.2, 0.25) is 5.91 Å². The van der Waals surface area contributed by atoms with Crippen molar-refractivity contribution in [2.75, 3.05) is 11.4 Å². The fraction of sp³-hybridized carbons (Fsp3) is 0.353. The Balaban J connectivity index is 2.08. The number of anilines is 1. The number of hydrogen-bond donors (Lipinski definition) is 0. The molecule has 108 valence electrons. The van der Waals surface area contributed by atoms with E-state index >= 15 is 0 Å². The molecule has 0 spiro atoms. The van der Waals surface area contributed by atoms with Crippen LogP contribution in [0.15, 0.2) is 24.3 Å². The lowest BCUT2D eigenvalue weighted by atomic mass is 10.1. The van der Waals surface area contributed by atoms with E-state index in [-0.39, 0.29) is 5.91 Å². The van der Waals surface area contributed by atoms with Crippen LogP contribution in [0, 0.1) is 13.8 Å². The van der Waals surface area contributed by atoms with Crippen LogP contribution in [-0.4, -0.2) is 22.4 Å². The van der Waals surface area contributed by atoms with Crippen molar-refractivity contribution in [3.05, 3.63) is 41.1 Å². The smallest absolute Gasteiger partial charge is 0.232 e. The number of hydrogen-bond acceptors (Lipinski definition) is 3. The summed E-state index contributed by atoms with van der Waals surface area (Å²) in [6.07, 6.45) is 1.35. The average Bonchev–Trinajstić information content (AvgIpc) is 2.78. The normalized spacial score (nSPS) is 13.7. The lowest BCUT2D eigenvalue weighted by Crippen LogP contribution is -2.28. The zero-order valence-electron chi connectivity index (χ0n) is 12.7. The quantitative estimate of drug-likeness (QED) is 0.868. The van der Waals surface area contributed by atoms with Crippen LogP contribution < -0.4 is 4.90 Å². The van der Waals surface area contributed by atoms with Crippen LogP contribution in [-0.2, 0) is 11.2 Å². The fourth-order valence-electron chi connectivity index (χ4n) is 2.66. The van der Waals surface area contributed by atoms with Gasteiger partial charge in [-0.1, -0.05) is 36.8 Å². The average molecular weight is 281 g/mol. The topological polar surface area (TPSA) is 46.1 Å². The summed E-state index contributed by atoms with van der Waals surface area (Å²) in [5, 5.41) is 0. The van der Waals surface area contributed by atoms with Gasteiger partial charge in [-0.2, -0.15) is 0 Å². The Morgan fingerprint density at radius 3 is 2.52 bits per heavy atom. The molecule has 1 aliphatic heterocycles. The number of carbonyl (C=O) groups excluding carboxylic acids is 1. The molecule has 4 heteroatoms. The van der Waals surface area contributed by atoms with Crippen molar-refractivity contribution >= 4 is 11.7 Å². The van der Waals surface area contributed by atoms with E-state index in [0.29, 0.717) is 12.2 Å². The summed E-state index contributed by atoms with van der Waals surface area (Å²) in [5.41, 5.74) is 4.08. The van der Waals surface area contributed by atoms with Crippen LogP contribution in [0.1, 0.15) is 30.2 Å². The summed E-state index contributed by atoms with van der Waals surface area (Å²) in [7, 11) is 0. The number of rotatable bonds is 3. The number of aryl methyl sites for hydroxylation is 2. The van der Waals surface area contributed by atoms with Crippen molar-refractivity contribution in [2.24, 2.45) is 0 Å². The van der Waals surface area contributed by atoms with Crippen molar-refractivity contribution in [3.63, 3.8) is 0 Å². The molecule has 3 rings (SSSR count). The summed E-state index contributed by atoms with van der Waals surface area (Å²) in [6, 6.07) is 8.15. The van der Waals surface area contributed by atoms with Crippen molar-refractivity contribution in [1.82, 2.24) is 9.97 Å². The zero-order chi connectivity index (χ0) is 15.0. The summed E-state index contributed by atoms with van der Waals surface area (Å²) in [6.45, 7) is 6.80. The standard InChI is InChI=1S/C17H19N3O/c1-4-9-20-15(21)10-14-12(3)18-16(19-17(14)20)13-7-5-11(2)6-8-13/h5-8H,4,9-10H2,1-3H3. The molecule has 21 heavy (non-hydrogen) atoms. The first-order chi connectivity index (χ1) is 10.1. The van der Waals surface area contributed by atoms with Gasteiger partial charge in [0.1, 0.15) is 5.82 Å². The number of aromatic nitrogens is 2. The van der Waals surface area contributed by atoms with Gasteiger partial charge >= 0.3 is 0 Å². The number of amides is 1. The van der Waals surface area contributed by atoms with Gasteiger partial charge in [-0.25, -0.2) is 9.97 Å². The van der Waals surface area contributed by atoms with E-state index in [1.54, 1.807) is 4.90 Å². The highest BCUT2D eigenvalue weighted by atomic mass is 16.2. The first kappa shape index (κ1) is 13.7. The molecular formula is C17H19N3O. The molecule has 0 fully saturated rings. The minimum atomic E-state index is 0.130. The molecule has 1 aromatic heterocycles. The molecule has 0 aliphatic carbocycles. The summed E-state index contributed by atoms with van der Waals surface area (Å²) < 4.78 is 0. The van der Waals surface area contributed by atoms with Gasteiger partial charge in [0, 0.05) is 23.4 Å². The van der Waals surface area contributed by atoms with Crippen LogP contribution in [0.4, 0.5) is 5.82 Å². The van der Waals surface area contributed by atoms with Crippen LogP contribution in [0.3, 0.4) is 0 Å². The van der Waals surface area contributed by atoms with Crippen LogP contribution in [0.2, 0.25) is 0 Å². The van der Waals surface area contributed by atoms with Crippen molar-refractivity contribution in [3.8, 4) is 11.4 Å². The second-order valence-electron chi connectivity index (χ2n) is 5.52. The molecule has 0 atom stereocenters. The summed E-state index contributed by atoms with van der Waals surface area (Å²) in [5.74, 6) is 1.62. The Labute approximate surface area is 124 Å². The minimum absolute atomic E-state index is 0.130. The molecule has 1 amide bonds. The molecule has 0 saturated carbocycles. The van der Waals surface area contributed by atoms with E-state index < -0.39 is 0 Å². The third kappa shape index (κ3) is 2.42. The zero-order valence-corrected chi connectivity index (χ0v) is 12.7. The number of nitrogens with zero attached hydrogens (tertiary/aromatic N) is 3. The van der Waals surface area contributed by atoms with E-state index in [1.807, 2.05) is 19.1 Å². The monoisotopic (exact) mass is 281 g/mol. The van der Waals surface area contributed by atoms with Crippen LogP contribution >= 0.6 is 0 Å². The first-order valence-corrected chi connectivity index (χ1v) is 7.35. The highest BCUT2D eigenvalue weighted by molar-refractivity contribution is 6.00. The second-order valence-corrected chi connectivity index (χ2v) is 5.52. The van der Waals surface area contributed by atoms with E-state index in [0.717, 1.165) is 35.6 Å². The van der Waals surface area contributed by atoms with E-state index in [9.17, 15) is 4.79 Å². The Bertz CT molecular complexity index is 692. The van der Waals surface area contributed by atoms with Crippen LogP contribution in [0.5, 0.6) is 0 Å². The lowest BCUT2D eigenvalue weighted by molar-refractivity contribution is -0.117. The number of fused-ring (bicyclic) bond motifs is 1. The lowest BCUT2D eigenvalue weighted by Gasteiger charge is -2.16. The molecule has 2 heterocycles. The second kappa shape index (κ2) is 5.28. The van der Waals surface area contributed by atoms with Gasteiger partial charge in [0.15, 0.2) is 5.82 Å². The van der Waals surface area contributed by atoms with Crippen molar-refractivity contribution in [2.45, 2.75) is 33.6 Å². The number of carbonyl (C=O) groups is 1. The van der Waals surface area contributed by atoms with Gasteiger partial charge < -0.3 is 0 Å². The molecular weight excluding hydrogens is 262 g/mol. The maximum atomic E-state index is 12.1. The van der Waals surface area contributed by atoms with E-state index in [2.05, 4.69) is 35.9 Å². The molecule has 0 saturated heterocycles. The highest BCUT2D eigenvalue weighted by Crippen LogP contribution is 2.31. The van der Waals surface area contributed by atoms with E-state index in [1.165, 1.54) is 5.56 Å². The molecule has 0 bridgehead atoms. The van der Waals surface area contributed by atoms with Gasteiger partial charge in [-0.05, 0) is 20.3 Å². The Kier molecular flexibility index (Phi) is 3.45. The molecule has 4 nitrogen and oxygen atoms in total. The predicted octanol–water partition coefficient (Wildman–Crippen LogP) is 3.06. The molecule has 0 radical (unpaired) electrons. The molecule has 1 aliphatic rings. The number of benzene rings is 1. The third-order valence-electron chi connectivity index (χ3n) is 3.83. The SMILES string of the molecule is CCCN1C(=O)Cc2c(C)nc(-c3ccc(C)cc3)nc21. The summed E-state index contributed by atoms with van der Waals surface area (Å²) >= 11 is 0. The van der Waals surface area contributed by atoms with Crippen molar-refractivity contribution in [1.29, 1.82) is 0 Å². The molecule has 1 aromatic carbocycles. The van der Waals surface area contributed by atoms with Crippen LogP contribution in [0.25, 0.3) is 11.4 Å². The maximum absolute atomic E-state index is 12.1. The molecule has 0 unspecified atom stereocenters. The van der Waals surface area contributed by atoms with Gasteiger partial charge in [-0.15, -0.1) is 0 Å². The first-order valence-electron chi connectivity index (χ1n) is 7.35. The largest absolute Gasteiger partial charge is 0.296 e. The highest BCUT2D eigenvalue weighted by Gasteiger charge is 2.30. The van der Waals surface area contributed by atoms with E-state index in [4.69, 9.17) is 0 Å². The predicted molar refractivity (Wildman–Crippen MR) is 83.3 cm³/mol. The summed E-state index contributed by atoms with van der Waals surface area (Å²) in [4.78, 5) is 23.2. The minimum Gasteiger partial charge on any atom is -0.296 e. The molecule has 0 N–H and O–H groups in total. The third-order valence-corrected chi connectivity index (χ3v) is 3.83.